The van der Waals surface area contributed by atoms with E-state index >= 15 is 0 Å². The molecule has 0 radical (unpaired) electrons. The normalized spacial score (nSPS) is 12.3. The van der Waals surface area contributed by atoms with Gasteiger partial charge in [0.25, 0.3) is 0 Å². The number of hydrogen-bond acceptors (Lipinski definition) is 2. The van der Waals surface area contributed by atoms with Crippen molar-refractivity contribution in [2.45, 2.75) is 72.0 Å². The minimum Gasteiger partial charge on any atom is -0.350 e. The Hall–Kier alpha value is -2.14. The Morgan fingerprint density at radius 2 is 1.67 bits per heavy atom. The summed E-state index contributed by atoms with van der Waals surface area (Å²) < 4.78 is 0.954. The molecule has 1 atom stereocenters. The summed E-state index contributed by atoms with van der Waals surface area (Å²) in [6, 6.07) is 15.7. The first-order chi connectivity index (χ1) is 14.1. The Morgan fingerprint density at radius 3 is 2.23 bits per heavy atom. The summed E-state index contributed by atoms with van der Waals surface area (Å²) in [5, 5.41) is 3.00. The molecule has 0 fully saturated rings. The van der Waals surface area contributed by atoms with Crippen molar-refractivity contribution in [2.75, 3.05) is 0 Å². The lowest BCUT2D eigenvalue weighted by Crippen LogP contribution is -2.52. The highest BCUT2D eigenvalue weighted by Gasteiger charge is 2.28. The third-order valence-corrected chi connectivity index (χ3v) is 5.46. The topological polar surface area (TPSA) is 49.4 Å². The van der Waals surface area contributed by atoms with Gasteiger partial charge in [-0.25, -0.2) is 0 Å². The van der Waals surface area contributed by atoms with E-state index in [1.807, 2.05) is 45.0 Å². The van der Waals surface area contributed by atoms with Crippen molar-refractivity contribution in [1.29, 1.82) is 0 Å². The van der Waals surface area contributed by atoms with Crippen LogP contribution in [0.4, 0.5) is 0 Å². The second-order valence-electron chi connectivity index (χ2n) is 8.74. The molecule has 0 aromatic heterocycles. The maximum atomic E-state index is 13.2. The van der Waals surface area contributed by atoms with Crippen molar-refractivity contribution in [3.05, 3.63) is 69.7 Å². The number of nitrogens with zero attached hydrogens (tertiary/aromatic N) is 1. The number of amides is 2. The Kier molecular flexibility index (Phi) is 8.65. The molecule has 0 saturated carbocycles. The number of nitrogens with one attached hydrogen (secondary N) is 1. The molecule has 0 heterocycles. The quantitative estimate of drug-likeness (QED) is 0.568. The molecule has 0 spiro atoms. The van der Waals surface area contributed by atoms with Gasteiger partial charge in [-0.3, -0.25) is 9.59 Å². The van der Waals surface area contributed by atoms with Crippen LogP contribution in [-0.4, -0.2) is 28.3 Å². The molecule has 2 aromatic rings. The first kappa shape index (κ1) is 24.1. The Balaban J connectivity index is 2.15. The molecule has 1 unspecified atom stereocenters. The SMILES string of the molecule is CCc1ccc(CCC(=O)N(Cc2cccc(Br)c2)C(C)C(=O)NC(C)(C)C)cc1. The first-order valence-electron chi connectivity index (χ1n) is 10.5. The maximum absolute atomic E-state index is 13.2. The molecule has 30 heavy (non-hydrogen) atoms. The van der Waals surface area contributed by atoms with Gasteiger partial charge in [0.1, 0.15) is 6.04 Å². The summed E-state index contributed by atoms with van der Waals surface area (Å²) in [4.78, 5) is 27.7. The zero-order valence-corrected chi connectivity index (χ0v) is 20.3. The summed E-state index contributed by atoms with van der Waals surface area (Å²) in [5.41, 5.74) is 3.06. The monoisotopic (exact) mass is 472 g/mol. The lowest BCUT2D eigenvalue weighted by atomic mass is 10.0. The van der Waals surface area contributed by atoms with Crippen molar-refractivity contribution < 1.29 is 9.59 Å². The van der Waals surface area contributed by atoms with Gasteiger partial charge in [0.2, 0.25) is 11.8 Å². The molecule has 1 N–H and O–H groups in total. The van der Waals surface area contributed by atoms with Gasteiger partial charge in [0.15, 0.2) is 0 Å². The molecule has 0 bridgehead atoms. The molecule has 2 amide bonds. The van der Waals surface area contributed by atoms with Gasteiger partial charge in [-0.05, 0) is 69.4 Å². The van der Waals surface area contributed by atoms with Crippen molar-refractivity contribution in [1.82, 2.24) is 10.2 Å². The zero-order chi connectivity index (χ0) is 22.3. The van der Waals surface area contributed by atoms with Gasteiger partial charge in [-0.15, -0.1) is 0 Å². The lowest BCUT2D eigenvalue weighted by molar-refractivity contribution is -0.141. The molecule has 0 saturated heterocycles. The average Bonchev–Trinajstić information content (AvgIpc) is 2.69. The van der Waals surface area contributed by atoms with Gasteiger partial charge in [0.05, 0.1) is 0 Å². The fraction of sp³-hybridized carbons (Fsp3) is 0.440. The van der Waals surface area contributed by atoms with Crippen LogP contribution in [0.2, 0.25) is 0 Å². The van der Waals surface area contributed by atoms with Crippen LogP contribution in [0.5, 0.6) is 0 Å². The number of halogens is 1. The number of aryl methyl sites for hydroxylation is 2. The van der Waals surface area contributed by atoms with Crippen LogP contribution in [0.15, 0.2) is 53.0 Å². The van der Waals surface area contributed by atoms with Gasteiger partial charge < -0.3 is 10.2 Å². The van der Waals surface area contributed by atoms with Gasteiger partial charge >= 0.3 is 0 Å². The van der Waals surface area contributed by atoms with Crippen LogP contribution in [0.3, 0.4) is 0 Å². The van der Waals surface area contributed by atoms with Crippen LogP contribution in [0.25, 0.3) is 0 Å². The van der Waals surface area contributed by atoms with E-state index in [0.29, 0.717) is 19.4 Å². The number of carbonyl (C=O) groups excluding carboxylic acids is 2. The van der Waals surface area contributed by atoms with Crippen LogP contribution in [0.1, 0.15) is 57.7 Å². The van der Waals surface area contributed by atoms with Gasteiger partial charge in [0, 0.05) is 23.0 Å². The minimum absolute atomic E-state index is 0.0221. The van der Waals surface area contributed by atoms with Crippen LogP contribution in [-0.2, 0) is 29.0 Å². The standard InChI is InChI=1S/C25H33BrN2O2/c1-6-19-10-12-20(13-11-19)14-15-23(29)28(17-21-8-7-9-22(26)16-21)18(2)24(30)27-25(3,4)5/h7-13,16,18H,6,14-15,17H2,1-5H3,(H,27,30). The summed E-state index contributed by atoms with van der Waals surface area (Å²) in [5.74, 6) is -0.163. The van der Waals surface area contributed by atoms with Gasteiger partial charge in [-0.1, -0.05) is 59.3 Å². The molecule has 162 valence electrons. The Bertz CT molecular complexity index is 856. The van der Waals surface area contributed by atoms with E-state index in [4.69, 9.17) is 0 Å². The van der Waals surface area contributed by atoms with Crippen molar-refractivity contribution in [3.63, 3.8) is 0 Å². The van der Waals surface area contributed by atoms with E-state index < -0.39 is 6.04 Å². The third kappa shape index (κ3) is 7.60. The van der Waals surface area contributed by atoms with E-state index in [2.05, 4.69) is 52.4 Å². The second kappa shape index (κ2) is 10.8. The highest BCUT2D eigenvalue weighted by molar-refractivity contribution is 9.10. The van der Waals surface area contributed by atoms with E-state index in [9.17, 15) is 9.59 Å². The van der Waals surface area contributed by atoms with Crippen molar-refractivity contribution in [3.8, 4) is 0 Å². The maximum Gasteiger partial charge on any atom is 0.242 e. The molecule has 2 aromatic carbocycles. The first-order valence-corrected chi connectivity index (χ1v) is 11.3. The molecular weight excluding hydrogens is 440 g/mol. The van der Waals surface area contributed by atoms with E-state index in [1.165, 1.54) is 5.56 Å². The predicted octanol–water partition coefficient (Wildman–Crippen LogP) is 5.28. The lowest BCUT2D eigenvalue weighted by Gasteiger charge is -2.31. The highest BCUT2D eigenvalue weighted by atomic mass is 79.9. The third-order valence-electron chi connectivity index (χ3n) is 4.97. The zero-order valence-electron chi connectivity index (χ0n) is 18.7. The number of rotatable bonds is 8. The summed E-state index contributed by atoms with van der Waals surface area (Å²) in [6.45, 7) is 10.1. The highest BCUT2D eigenvalue weighted by Crippen LogP contribution is 2.17. The largest absolute Gasteiger partial charge is 0.350 e. The van der Waals surface area contributed by atoms with Crippen LogP contribution in [0, 0.1) is 0 Å². The van der Waals surface area contributed by atoms with Crippen LogP contribution >= 0.6 is 15.9 Å². The second-order valence-corrected chi connectivity index (χ2v) is 9.65. The average molecular weight is 473 g/mol. The molecule has 0 aliphatic rings. The fourth-order valence-corrected chi connectivity index (χ4v) is 3.67. The smallest absolute Gasteiger partial charge is 0.242 e. The molecular formula is C25H33BrN2O2. The fourth-order valence-electron chi connectivity index (χ4n) is 3.23. The molecule has 2 rings (SSSR count). The predicted molar refractivity (Wildman–Crippen MR) is 126 cm³/mol. The van der Waals surface area contributed by atoms with Crippen LogP contribution < -0.4 is 5.32 Å². The van der Waals surface area contributed by atoms with E-state index in [-0.39, 0.29) is 17.4 Å². The Labute approximate surface area is 189 Å². The summed E-state index contributed by atoms with van der Waals surface area (Å²) in [6.07, 6.45) is 2.03. The molecule has 5 heteroatoms. The van der Waals surface area contributed by atoms with Crippen molar-refractivity contribution in [2.24, 2.45) is 0 Å². The number of hydrogen-bond donors (Lipinski definition) is 1. The number of benzene rings is 2. The molecule has 0 aliphatic heterocycles. The molecule has 4 nitrogen and oxygen atoms in total. The minimum atomic E-state index is -0.557. The summed E-state index contributed by atoms with van der Waals surface area (Å²) >= 11 is 3.49. The van der Waals surface area contributed by atoms with Gasteiger partial charge in [-0.2, -0.15) is 0 Å². The van der Waals surface area contributed by atoms with E-state index in [0.717, 1.165) is 22.0 Å². The van der Waals surface area contributed by atoms with Crippen molar-refractivity contribution >= 4 is 27.7 Å². The number of carbonyl (C=O) groups is 2. The molecule has 0 aliphatic carbocycles. The Morgan fingerprint density at radius 1 is 1.03 bits per heavy atom. The summed E-state index contributed by atoms with van der Waals surface area (Å²) in [7, 11) is 0. The van der Waals surface area contributed by atoms with E-state index in [1.54, 1.807) is 11.8 Å².